The van der Waals surface area contributed by atoms with Crippen LogP contribution in [0.15, 0.2) is 89.4 Å². The first kappa shape index (κ1) is 24.6. The lowest BCUT2D eigenvalue weighted by molar-refractivity contribution is 0.687. The fraction of sp³-hybridized carbons (Fsp3) is 0.226. The predicted molar refractivity (Wildman–Crippen MR) is 159 cm³/mol. The van der Waals surface area contributed by atoms with Gasteiger partial charge in [-0.05, 0) is 68.8 Å². The molecule has 0 aliphatic heterocycles. The number of nitrogens with zero attached hydrogens (tertiary/aromatic N) is 2. The number of halogens is 1. The molecule has 4 nitrogen and oxygen atoms in total. The van der Waals surface area contributed by atoms with Gasteiger partial charge < -0.3 is 20.6 Å². The second kappa shape index (κ2) is 10.9. The van der Waals surface area contributed by atoms with Gasteiger partial charge >= 0.3 is 0 Å². The Morgan fingerprint density at radius 1 is 0.583 bits per heavy atom. The van der Waals surface area contributed by atoms with E-state index in [0.29, 0.717) is 0 Å². The van der Waals surface area contributed by atoms with Crippen LogP contribution in [-0.2, 0) is 13.1 Å². The standard InChI is InChI=1S/C16H17BrN2.C15H16N2/c1-11-3-5-13-14-6-4-12(17)10-16(14)19(8-2-7-18)15(13)9-11;16-10-5-11-17-14-8-3-1-6-12(14)13-7-2-4-9-15(13)17/h3-6,9-10H,2,7-8,18H2,1H3;1-4,6-9H,5,10-11,16H2. The van der Waals surface area contributed by atoms with Gasteiger partial charge in [0, 0.05) is 55.7 Å². The zero-order chi connectivity index (χ0) is 25.1. The Balaban J connectivity index is 0.000000149. The smallest absolute Gasteiger partial charge is 0.0502 e. The first-order chi connectivity index (χ1) is 17.6. The molecule has 6 aromatic rings. The molecule has 0 saturated heterocycles. The Kier molecular flexibility index (Phi) is 7.42. The summed E-state index contributed by atoms with van der Waals surface area (Å²) in [4.78, 5) is 0. The maximum absolute atomic E-state index is 5.67. The third-order valence-electron chi connectivity index (χ3n) is 6.84. The topological polar surface area (TPSA) is 61.9 Å². The van der Waals surface area contributed by atoms with Gasteiger partial charge in [0.1, 0.15) is 0 Å². The molecule has 0 fully saturated rings. The van der Waals surface area contributed by atoms with Crippen LogP contribution in [0.1, 0.15) is 18.4 Å². The van der Waals surface area contributed by atoms with Crippen LogP contribution in [0.5, 0.6) is 0 Å². The molecule has 0 spiro atoms. The van der Waals surface area contributed by atoms with Gasteiger partial charge in [0.25, 0.3) is 0 Å². The number of aromatic nitrogens is 2. The first-order valence-electron chi connectivity index (χ1n) is 12.7. The minimum absolute atomic E-state index is 0.723. The fourth-order valence-corrected chi connectivity index (χ4v) is 5.51. The van der Waals surface area contributed by atoms with E-state index in [9.17, 15) is 0 Å². The molecule has 6 rings (SSSR count). The Morgan fingerprint density at radius 2 is 1.06 bits per heavy atom. The monoisotopic (exact) mass is 540 g/mol. The van der Waals surface area contributed by atoms with Crippen LogP contribution in [0.3, 0.4) is 0 Å². The molecule has 4 aromatic carbocycles. The van der Waals surface area contributed by atoms with E-state index in [1.165, 1.54) is 49.2 Å². The first-order valence-corrected chi connectivity index (χ1v) is 13.5. The third kappa shape index (κ3) is 4.66. The number of nitrogens with two attached hydrogens (primary N) is 2. The molecule has 0 aliphatic rings. The van der Waals surface area contributed by atoms with Crippen molar-refractivity contribution in [2.45, 2.75) is 32.9 Å². The van der Waals surface area contributed by atoms with E-state index in [1.54, 1.807) is 0 Å². The van der Waals surface area contributed by atoms with Gasteiger partial charge in [-0.3, -0.25) is 0 Å². The molecule has 2 heterocycles. The van der Waals surface area contributed by atoms with Gasteiger partial charge in [-0.25, -0.2) is 0 Å². The predicted octanol–water partition coefficient (Wildman–Crippen LogP) is 7.36. The van der Waals surface area contributed by atoms with Crippen molar-refractivity contribution in [2.24, 2.45) is 11.5 Å². The molecule has 4 N–H and O–H groups in total. The van der Waals surface area contributed by atoms with Crippen molar-refractivity contribution in [1.82, 2.24) is 9.13 Å². The molecular weight excluding hydrogens is 508 g/mol. The average Bonchev–Trinajstić information content (AvgIpc) is 3.38. The highest BCUT2D eigenvalue weighted by molar-refractivity contribution is 9.10. The summed E-state index contributed by atoms with van der Waals surface area (Å²) in [6, 6.07) is 30.3. The summed E-state index contributed by atoms with van der Waals surface area (Å²) in [5.74, 6) is 0. The quantitative estimate of drug-likeness (QED) is 0.232. The van der Waals surface area contributed by atoms with E-state index in [-0.39, 0.29) is 0 Å². The fourth-order valence-electron chi connectivity index (χ4n) is 5.16. The van der Waals surface area contributed by atoms with Crippen molar-refractivity contribution in [1.29, 1.82) is 0 Å². The highest BCUT2D eigenvalue weighted by atomic mass is 79.9. The molecule has 184 valence electrons. The normalized spacial score (nSPS) is 11.4. The summed E-state index contributed by atoms with van der Waals surface area (Å²) in [6.45, 7) is 5.56. The zero-order valence-electron chi connectivity index (χ0n) is 20.8. The van der Waals surface area contributed by atoms with Crippen LogP contribution in [0, 0.1) is 6.92 Å². The number of para-hydroxylation sites is 2. The van der Waals surface area contributed by atoms with Crippen molar-refractivity contribution in [3.8, 4) is 0 Å². The second-order valence-corrected chi connectivity index (χ2v) is 10.2. The van der Waals surface area contributed by atoms with Crippen molar-refractivity contribution in [2.75, 3.05) is 13.1 Å². The van der Waals surface area contributed by atoms with E-state index < -0.39 is 0 Å². The van der Waals surface area contributed by atoms with Crippen molar-refractivity contribution in [3.63, 3.8) is 0 Å². The number of rotatable bonds is 6. The minimum Gasteiger partial charge on any atom is -0.340 e. The number of fused-ring (bicyclic) bond motifs is 6. The Morgan fingerprint density at radius 3 is 1.64 bits per heavy atom. The van der Waals surface area contributed by atoms with Crippen LogP contribution in [-0.4, -0.2) is 22.2 Å². The summed E-state index contributed by atoms with van der Waals surface area (Å²) < 4.78 is 5.88. The Labute approximate surface area is 220 Å². The summed E-state index contributed by atoms with van der Waals surface area (Å²) in [6.07, 6.45) is 2.02. The van der Waals surface area contributed by atoms with Crippen LogP contribution in [0.25, 0.3) is 43.6 Å². The Hall–Kier alpha value is -3.12. The number of aryl methyl sites for hydroxylation is 3. The molecule has 0 atom stereocenters. The van der Waals surface area contributed by atoms with Crippen molar-refractivity contribution in [3.05, 3.63) is 95.0 Å². The van der Waals surface area contributed by atoms with Gasteiger partial charge in [-0.15, -0.1) is 0 Å². The number of hydrogen-bond donors (Lipinski definition) is 2. The van der Waals surface area contributed by atoms with E-state index >= 15 is 0 Å². The van der Waals surface area contributed by atoms with Gasteiger partial charge in [-0.1, -0.05) is 70.5 Å². The highest BCUT2D eigenvalue weighted by Gasteiger charge is 2.11. The lowest BCUT2D eigenvalue weighted by Gasteiger charge is -2.07. The van der Waals surface area contributed by atoms with Crippen LogP contribution in [0.2, 0.25) is 0 Å². The lowest BCUT2D eigenvalue weighted by Crippen LogP contribution is -2.05. The van der Waals surface area contributed by atoms with Gasteiger partial charge in [0.05, 0.1) is 5.52 Å². The molecule has 36 heavy (non-hydrogen) atoms. The molecule has 0 radical (unpaired) electrons. The van der Waals surface area contributed by atoms with Crippen LogP contribution in [0.4, 0.5) is 0 Å². The van der Waals surface area contributed by atoms with Crippen molar-refractivity contribution < 1.29 is 0 Å². The molecule has 0 unspecified atom stereocenters. The molecule has 0 amide bonds. The molecule has 5 heteroatoms. The maximum Gasteiger partial charge on any atom is 0.0502 e. The summed E-state index contributed by atoms with van der Waals surface area (Å²) in [5.41, 5.74) is 17.8. The minimum atomic E-state index is 0.723. The molecule has 0 saturated carbocycles. The Bertz CT molecular complexity index is 1530. The zero-order valence-corrected chi connectivity index (χ0v) is 22.3. The molecule has 0 aliphatic carbocycles. The van der Waals surface area contributed by atoms with Crippen LogP contribution < -0.4 is 11.5 Å². The SMILES string of the molecule is Cc1ccc2c3ccc(Br)cc3n(CCCN)c2c1.NCCCn1c2ccccc2c2ccccc21. The van der Waals surface area contributed by atoms with Crippen molar-refractivity contribution >= 4 is 59.5 Å². The van der Waals surface area contributed by atoms with E-state index in [4.69, 9.17) is 11.5 Å². The largest absolute Gasteiger partial charge is 0.340 e. The second-order valence-electron chi connectivity index (χ2n) is 9.30. The lowest BCUT2D eigenvalue weighted by atomic mass is 10.1. The number of benzene rings is 4. The van der Waals surface area contributed by atoms with Crippen LogP contribution >= 0.6 is 15.9 Å². The summed E-state index contributed by atoms with van der Waals surface area (Å²) in [7, 11) is 0. The van der Waals surface area contributed by atoms with E-state index in [0.717, 1.165) is 43.5 Å². The van der Waals surface area contributed by atoms with Gasteiger partial charge in [-0.2, -0.15) is 0 Å². The summed E-state index contributed by atoms with van der Waals surface area (Å²) in [5, 5.41) is 5.31. The summed E-state index contributed by atoms with van der Waals surface area (Å²) >= 11 is 3.57. The molecule has 2 aromatic heterocycles. The maximum atomic E-state index is 5.67. The molecule has 0 bridgehead atoms. The third-order valence-corrected chi connectivity index (χ3v) is 7.33. The van der Waals surface area contributed by atoms with Gasteiger partial charge in [0.2, 0.25) is 0 Å². The van der Waals surface area contributed by atoms with Gasteiger partial charge in [0.15, 0.2) is 0 Å². The van der Waals surface area contributed by atoms with E-state index in [1.807, 2.05) is 0 Å². The highest BCUT2D eigenvalue weighted by Crippen LogP contribution is 2.32. The molecular formula is C31H33BrN4. The average molecular weight is 542 g/mol. The number of hydrogen-bond acceptors (Lipinski definition) is 2. The van der Waals surface area contributed by atoms with E-state index in [2.05, 4.69) is 117 Å².